The molecule has 1 aromatic carbocycles. The standard InChI is InChI=1S/C26H39FN2O2/c1-3-5-7-9-10-12-14-18-31-23-20-28-26(29-21-23)24-16-15-22(19-25(24)27)30-17-13-11-8-6-4-2/h15-16,19-21H,3-14,17-18H2,1-2H3. The molecule has 172 valence electrons. The van der Waals surface area contributed by atoms with Crippen LogP contribution in [0.2, 0.25) is 0 Å². The Labute approximate surface area is 187 Å². The molecule has 0 radical (unpaired) electrons. The van der Waals surface area contributed by atoms with Gasteiger partial charge >= 0.3 is 0 Å². The summed E-state index contributed by atoms with van der Waals surface area (Å²) in [6, 6.07) is 4.87. The average Bonchev–Trinajstić information content (AvgIpc) is 2.78. The molecule has 0 aliphatic rings. The summed E-state index contributed by atoms with van der Waals surface area (Å²) in [6.45, 7) is 5.71. The number of ether oxygens (including phenoxy) is 2. The fourth-order valence-corrected chi connectivity index (χ4v) is 3.44. The number of unbranched alkanes of at least 4 members (excludes halogenated alkanes) is 10. The third-order valence-corrected chi connectivity index (χ3v) is 5.34. The second-order valence-corrected chi connectivity index (χ2v) is 8.12. The highest BCUT2D eigenvalue weighted by atomic mass is 19.1. The van der Waals surface area contributed by atoms with Gasteiger partial charge in [-0.2, -0.15) is 0 Å². The van der Waals surface area contributed by atoms with Crippen molar-refractivity contribution in [3.05, 3.63) is 36.4 Å². The minimum Gasteiger partial charge on any atom is -0.493 e. The van der Waals surface area contributed by atoms with Gasteiger partial charge in [0, 0.05) is 6.07 Å². The van der Waals surface area contributed by atoms with Crippen LogP contribution in [-0.2, 0) is 0 Å². The topological polar surface area (TPSA) is 44.2 Å². The van der Waals surface area contributed by atoms with Crippen molar-refractivity contribution in [1.29, 1.82) is 0 Å². The van der Waals surface area contributed by atoms with E-state index < -0.39 is 0 Å². The molecule has 0 unspecified atom stereocenters. The molecule has 1 heterocycles. The van der Waals surface area contributed by atoms with Crippen molar-refractivity contribution < 1.29 is 13.9 Å². The minimum atomic E-state index is -0.375. The number of hydrogen-bond acceptors (Lipinski definition) is 4. The zero-order valence-electron chi connectivity index (χ0n) is 19.4. The fourth-order valence-electron chi connectivity index (χ4n) is 3.44. The van der Waals surface area contributed by atoms with Gasteiger partial charge in [-0.3, -0.25) is 0 Å². The van der Waals surface area contributed by atoms with Crippen LogP contribution in [-0.4, -0.2) is 23.2 Å². The Morgan fingerprint density at radius 2 is 1.19 bits per heavy atom. The number of hydrogen-bond donors (Lipinski definition) is 0. The molecule has 0 N–H and O–H groups in total. The second kappa shape index (κ2) is 15.6. The van der Waals surface area contributed by atoms with E-state index in [1.165, 1.54) is 63.9 Å². The van der Waals surface area contributed by atoms with Gasteiger partial charge in [-0.05, 0) is 25.0 Å². The summed E-state index contributed by atoms with van der Waals surface area (Å²) >= 11 is 0. The van der Waals surface area contributed by atoms with Crippen molar-refractivity contribution in [3.8, 4) is 22.9 Å². The third-order valence-electron chi connectivity index (χ3n) is 5.34. The van der Waals surface area contributed by atoms with Gasteiger partial charge in [0.15, 0.2) is 11.6 Å². The van der Waals surface area contributed by atoms with Crippen molar-refractivity contribution in [2.75, 3.05) is 13.2 Å². The molecule has 4 nitrogen and oxygen atoms in total. The van der Waals surface area contributed by atoms with E-state index in [0.717, 1.165) is 19.3 Å². The lowest BCUT2D eigenvalue weighted by atomic mass is 10.1. The number of benzene rings is 1. The maximum absolute atomic E-state index is 14.5. The molecule has 0 saturated carbocycles. The van der Waals surface area contributed by atoms with Crippen molar-refractivity contribution in [2.45, 2.75) is 90.9 Å². The largest absolute Gasteiger partial charge is 0.493 e. The molecule has 0 bridgehead atoms. The van der Waals surface area contributed by atoms with Crippen LogP contribution in [0.5, 0.6) is 11.5 Å². The fraction of sp³-hybridized carbons (Fsp3) is 0.615. The molecule has 1 aromatic heterocycles. The number of halogens is 1. The Bertz CT molecular complexity index is 722. The molecule has 0 atom stereocenters. The predicted octanol–water partition coefficient (Wildman–Crippen LogP) is 7.76. The van der Waals surface area contributed by atoms with Crippen molar-refractivity contribution >= 4 is 0 Å². The summed E-state index contributed by atoms with van der Waals surface area (Å²) in [4.78, 5) is 8.55. The third kappa shape index (κ3) is 10.1. The molecule has 5 heteroatoms. The number of rotatable bonds is 17. The molecule has 0 saturated heterocycles. The molecule has 2 rings (SSSR count). The molecule has 2 aromatic rings. The van der Waals surface area contributed by atoms with Crippen molar-refractivity contribution in [1.82, 2.24) is 9.97 Å². The van der Waals surface area contributed by atoms with Crippen LogP contribution in [0.15, 0.2) is 30.6 Å². The zero-order chi connectivity index (χ0) is 22.2. The van der Waals surface area contributed by atoms with E-state index >= 15 is 0 Å². The molecule has 0 aliphatic heterocycles. The Kier molecular flexibility index (Phi) is 12.6. The summed E-state index contributed by atoms with van der Waals surface area (Å²) in [7, 11) is 0. The van der Waals surface area contributed by atoms with E-state index in [-0.39, 0.29) is 5.82 Å². The molecule has 0 aliphatic carbocycles. The van der Waals surface area contributed by atoms with Crippen molar-refractivity contribution in [3.63, 3.8) is 0 Å². The lowest BCUT2D eigenvalue weighted by Gasteiger charge is -2.09. The van der Waals surface area contributed by atoms with Gasteiger partial charge in [0.25, 0.3) is 0 Å². The Balaban J connectivity index is 1.72. The van der Waals surface area contributed by atoms with Gasteiger partial charge in [-0.15, -0.1) is 0 Å². The first-order valence-corrected chi connectivity index (χ1v) is 12.1. The van der Waals surface area contributed by atoms with Crippen molar-refractivity contribution in [2.24, 2.45) is 0 Å². The first-order valence-electron chi connectivity index (χ1n) is 12.1. The summed E-state index contributed by atoms with van der Waals surface area (Å²) < 4.78 is 25.9. The maximum Gasteiger partial charge on any atom is 0.162 e. The van der Waals surface area contributed by atoms with Crippen LogP contribution < -0.4 is 9.47 Å². The average molecular weight is 431 g/mol. The van der Waals surface area contributed by atoms with Crippen LogP contribution in [0.4, 0.5) is 4.39 Å². The summed E-state index contributed by atoms with van der Waals surface area (Å²) in [5, 5.41) is 0. The predicted molar refractivity (Wildman–Crippen MR) is 125 cm³/mol. The van der Waals surface area contributed by atoms with Gasteiger partial charge in [-0.1, -0.05) is 78.1 Å². The highest BCUT2D eigenvalue weighted by Crippen LogP contribution is 2.24. The SMILES string of the molecule is CCCCCCCCCOc1cnc(-c2ccc(OCCCCCCC)cc2F)nc1. The highest BCUT2D eigenvalue weighted by molar-refractivity contribution is 5.57. The van der Waals surface area contributed by atoms with E-state index in [2.05, 4.69) is 23.8 Å². The quantitative estimate of drug-likeness (QED) is 0.241. The maximum atomic E-state index is 14.5. The monoisotopic (exact) mass is 430 g/mol. The highest BCUT2D eigenvalue weighted by Gasteiger charge is 2.10. The van der Waals surface area contributed by atoms with Crippen LogP contribution in [0.25, 0.3) is 11.4 Å². The van der Waals surface area contributed by atoms with Crippen LogP contribution in [0.3, 0.4) is 0 Å². The molecule has 0 amide bonds. The van der Waals surface area contributed by atoms with E-state index in [4.69, 9.17) is 9.47 Å². The molecule has 31 heavy (non-hydrogen) atoms. The van der Waals surface area contributed by atoms with E-state index in [1.807, 2.05) is 0 Å². The van der Waals surface area contributed by atoms with Gasteiger partial charge < -0.3 is 9.47 Å². The zero-order valence-corrected chi connectivity index (χ0v) is 19.4. The van der Waals surface area contributed by atoms with Gasteiger partial charge in [0.2, 0.25) is 0 Å². The van der Waals surface area contributed by atoms with E-state index in [1.54, 1.807) is 24.5 Å². The second-order valence-electron chi connectivity index (χ2n) is 8.12. The summed E-state index contributed by atoms with van der Waals surface area (Å²) in [5.74, 6) is 1.15. The number of nitrogens with zero attached hydrogens (tertiary/aromatic N) is 2. The van der Waals surface area contributed by atoms with Gasteiger partial charge in [0.05, 0.1) is 31.2 Å². The lowest BCUT2D eigenvalue weighted by molar-refractivity contribution is 0.302. The molecule has 0 fully saturated rings. The Morgan fingerprint density at radius 3 is 1.74 bits per heavy atom. The van der Waals surface area contributed by atoms with Crippen LogP contribution in [0, 0.1) is 5.82 Å². The van der Waals surface area contributed by atoms with Crippen LogP contribution >= 0.6 is 0 Å². The summed E-state index contributed by atoms with van der Waals surface area (Å²) in [5.41, 5.74) is 0.369. The van der Waals surface area contributed by atoms with E-state index in [0.29, 0.717) is 36.1 Å². The Hall–Kier alpha value is -2.17. The molecule has 0 spiro atoms. The minimum absolute atomic E-state index is 0.354. The van der Waals surface area contributed by atoms with Gasteiger partial charge in [-0.25, -0.2) is 14.4 Å². The first-order chi connectivity index (χ1) is 15.2. The molecular formula is C26H39FN2O2. The summed E-state index contributed by atoms with van der Waals surface area (Å²) in [6.07, 6.45) is 17.8. The normalized spacial score (nSPS) is 10.9. The molecular weight excluding hydrogens is 391 g/mol. The van der Waals surface area contributed by atoms with E-state index in [9.17, 15) is 4.39 Å². The van der Waals surface area contributed by atoms with Gasteiger partial charge in [0.1, 0.15) is 11.6 Å². The van der Waals surface area contributed by atoms with Crippen LogP contribution in [0.1, 0.15) is 90.9 Å². The Morgan fingerprint density at radius 1 is 0.677 bits per heavy atom. The first kappa shape index (κ1) is 25.1. The lowest BCUT2D eigenvalue weighted by Crippen LogP contribution is -2.00. The smallest absolute Gasteiger partial charge is 0.162 e. The number of aromatic nitrogens is 2.